The molecule has 0 amide bonds. The number of benzene rings is 1. The minimum Gasteiger partial charge on any atom is -0.334 e. The number of thiophene rings is 1. The molecule has 0 aliphatic heterocycles. The molecule has 2 heterocycles. The van der Waals surface area contributed by atoms with Crippen LogP contribution in [-0.2, 0) is 0 Å². The molecule has 0 aliphatic carbocycles. The van der Waals surface area contributed by atoms with E-state index < -0.39 is 0 Å². The first-order valence-electron chi connectivity index (χ1n) is 4.97. The number of hydrogen-bond donors (Lipinski definition) is 0. The summed E-state index contributed by atoms with van der Waals surface area (Å²) in [5.41, 5.74) is 0.975. The van der Waals surface area contributed by atoms with Crippen LogP contribution in [0, 0.1) is 3.57 Å². The molecule has 0 fully saturated rings. The minimum atomic E-state index is 0.568. The molecule has 0 bridgehead atoms. The van der Waals surface area contributed by atoms with E-state index in [2.05, 4.69) is 32.7 Å². The minimum absolute atomic E-state index is 0.568. The van der Waals surface area contributed by atoms with Gasteiger partial charge in [0.25, 0.3) is 5.89 Å². The largest absolute Gasteiger partial charge is 0.334 e. The van der Waals surface area contributed by atoms with Crippen LogP contribution in [0.25, 0.3) is 22.2 Å². The summed E-state index contributed by atoms with van der Waals surface area (Å²) >= 11 is 3.86. The second-order valence-corrected chi connectivity index (χ2v) is 5.49. The van der Waals surface area contributed by atoms with Gasteiger partial charge in [-0.1, -0.05) is 23.4 Å². The second kappa shape index (κ2) is 4.58. The highest BCUT2D eigenvalue weighted by atomic mass is 127. The molecule has 1 aromatic carbocycles. The molecule has 5 heteroatoms. The van der Waals surface area contributed by atoms with E-state index in [0.717, 1.165) is 14.0 Å². The Morgan fingerprint density at radius 1 is 1.12 bits per heavy atom. The van der Waals surface area contributed by atoms with Gasteiger partial charge in [0.05, 0.1) is 10.4 Å². The molecule has 0 aliphatic rings. The van der Waals surface area contributed by atoms with Crippen molar-refractivity contribution in [1.29, 1.82) is 0 Å². The van der Waals surface area contributed by atoms with Crippen molar-refractivity contribution in [2.75, 3.05) is 0 Å². The summed E-state index contributed by atoms with van der Waals surface area (Å²) in [6, 6.07) is 11.9. The molecular weight excluding hydrogens is 347 g/mol. The fourth-order valence-corrected chi connectivity index (χ4v) is 2.74. The van der Waals surface area contributed by atoms with Crippen molar-refractivity contribution in [3.8, 4) is 22.2 Å². The topological polar surface area (TPSA) is 38.9 Å². The lowest BCUT2D eigenvalue weighted by Crippen LogP contribution is -1.82. The molecule has 84 valence electrons. The van der Waals surface area contributed by atoms with Gasteiger partial charge in [0.15, 0.2) is 0 Å². The normalized spacial score (nSPS) is 10.6. The van der Waals surface area contributed by atoms with Crippen molar-refractivity contribution in [3.63, 3.8) is 0 Å². The zero-order valence-electron chi connectivity index (χ0n) is 8.63. The van der Waals surface area contributed by atoms with Gasteiger partial charge in [-0.3, -0.25) is 0 Å². The van der Waals surface area contributed by atoms with Gasteiger partial charge in [-0.15, -0.1) is 11.3 Å². The van der Waals surface area contributed by atoms with Crippen LogP contribution in [0.15, 0.2) is 46.3 Å². The summed E-state index contributed by atoms with van der Waals surface area (Å²) in [5, 5.41) is 5.99. The summed E-state index contributed by atoms with van der Waals surface area (Å²) in [5.74, 6) is 1.22. The lowest BCUT2D eigenvalue weighted by atomic mass is 10.2. The van der Waals surface area contributed by atoms with Crippen LogP contribution in [0.4, 0.5) is 0 Å². The first-order chi connectivity index (χ1) is 8.34. The molecule has 3 rings (SSSR count). The SMILES string of the molecule is Ic1ccccc1-c1nc(-c2cccs2)no1. The average molecular weight is 354 g/mol. The zero-order chi connectivity index (χ0) is 11.7. The fourth-order valence-electron chi connectivity index (χ4n) is 1.47. The molecule has 0 unspecified atom stereocenters. The van der Waals surface area contributed by atoms with Crippen molar-refractivity contribution >= 4 is 33.9 Å². The van der Waals surface area contributed by atoms with E-state index in [4.69, 9.17) is 4.52 Å². The Bertz CT molecular complexity index is 634. The number of halogens is 1. The molecule has 2 aromatic heterocycles. The third kappa shape index (κ3) is 2.12. The van der Waals surface area contributed by atoms with Crippen LogP contribution in [0.2, 0.25) is 0 Å². The van der Waals surface area contributed by atoms with Crippen molar-refractivity contribution in [2.45, 2.75) is 0 Å². The molecule has 3 aromatic rings. The highest BCUT2D eigenvalue weighted by Crippen LogP contribution is 2.27. The molecule has 0 N–H and O–H groups in total. The highest BCUT2D eigenvalue weighted by Gasteiger charge is 2.12. The summed E-state index contributed by atoms with van der Waals surface area (Å²) in [4.78, 5) is 5.43. The molecule has 17 heavy (non-hydrogen) atoms. The standard InChI is InChI=1S/C12H7IN2OS/c13-9-5-2-1-4-8(9)12-14-11(15-16-12)10-6-3-7-17-10/h1-7H. The first kappa shape index (κ1) is 10.9. The maximum atomic E-state index is 5.30. The Labute approximate surface area is 116 Å². The van der Waals surface area contributed by atoms with E-state index in [1.54, 1.807) is 11.3 Å². The Morgan fingerprint density at radius 3 is 2.76 bits per heavy atom. The number of hydrogen-bond acceptors (Lipinski definition) is 4. The van der Waals surface area contributed by atoms with E-state index in [1.165, 1.54) is 0 Å². The van der Waals surface area contributed by atoms with Gasteiger partial charge in [-0.25, -0.2) is 0 Å². The number of nitrogens with zero attached hydrogens (tertiary/aromatic N) is 2. The van der Waals surface area contributed by atoms with Crippen molar-refractivity contribution < 1.29 is 4.52 Å². The zero-order valence-corrected chi connectivity index (χ0v) is 11.6. The van der Waals surface area contributed by atoms with Crippen molar-refractivity contribution in [3.05, 3.63) is 45.3 Å². The lowest BCUT2D eigenvalue weighted by molar-refractivity contribution is 0.432. The van der Waals surface area contributed by atoms with E-state index in [-0.39, 0.29) is 0 Å². The average Bonchev–Trinajstić information content (AvgIpc) is 3.00. The van der Waals surface area contributed by atoms with E-state index >= 15 is 0 Å². The van der Waals surface area contributed by atoms with Crippen LogP contribution in [0.1, 0.15) is 0 Å². The van der Waals surface area contributed by atoms with Crippen molar-refractivity contribution in [2.24, 2.45) is 0 Å². The van der Waals surface area contributed by atoms with E-state index in [9.17, 15) is 0 Å². The number of rotatable bonds is 2. The van der Waals surface area contributed by atoms with Gasteiger partial charge in [0.2, 0.25) is 5.82 Å². The Kier molecular flexibility index (Phi) is 2.94. The summed E-state index contributed by atoms with van der Waals surface area (Å²) in [6.45, 7) is 0. The Hall–Kier alpha value is -1.21. The van der Waals surface area contributed by atoms with Gasteiger partial charge >= 0.3 is 0 Å². The van der Waals surface area contributed by atoms with Crippen LogP contribution in [0.5, 0.6) is 0 Å². The molecule has 0 radical (unpaired) electrons. The van der Waals surface area contributed by atoms with Gasteiger partial charge in [0.1, 0.15) is 0 Å². The van der Waals surface area contributed by atoms with Crippen LogP contribution in [-0.4, -0.2) is 10.1 Å². The van der Waals surface area contributed by atoms with Gasteiger partial charge < -0.3 is 4.52 Å². The number of aromatic nitrogens is 2. The van der Waals surface area contributed by atoms with Gasteiger partial charge in [-0.05, 0) is 46.2 Å². The summed E-state index contributed by atoms with van der Waals surface area (Å²) in [6.07, 6.45) is 0. The maximum absolute atomic E-state index is 5.30. The predicted molar refractivity (Wildman–Crippen MR) is 75.8 cm³/mol. The summed E-state index contributed by atoms with van der Waals surface area (Å²) in [7, 11) is 0. The molecule has 0 saturated heterocycles. The van der Waals surface area contributed by atoms with E-state index in [0.29, 0.717) is 11.7 Å². The molecule has 3 nitrogen and oxygen atoms in total. The third-order valence-corrected chi connectivity index (χ3v) is 4.08. The monoisotopic (exact) mass is 354 g/mol. The molecule has 0 saturated carbocycles. The second-order valence-electron chi connectivity index (χ2n) is 3.38. The predicted octanol–water partition coefficient (Wildman–Crippen LogP) is 4.07. The Balaban J connectivity index is 2.04. The van der Waals surface area contributed by atoms with E-state index in [1.807, 2.05) is 41.8 Å². The van der Waals surface area contributed by atoms with Crippen LogP contribution < -0.4 is 0 Å². The smallest absolute Gasteiger partial charge is 0.259 e. The quantitative estimate of drug-likeness (QED) is 0.652. The third-order valence-electron chi connectivity index (χ3n) is 2.27. The molecular formula is C12H7IN2OS. The summed E-state index contributed by atoms with van der Waals surface area (Å²) < 4.78 is 6.40. The molecule has 0 atom stereocenters. The van der Waals surface area contributed by atoms with Crippen molar-refractivity contribution in [1.82, 2.24) is 10.1 Å². The van der Waals surface area contributed by atoms with Gasteiger partial charge in [-0.2, -0.15) is 4.98 Å². The van der Waals surface area contributed by atoms with Crippen LogP contribution >= 0.6 is 33.9 Å². The van der Waals surface area contributed by atoms with Gasteiger partial charge in [0, 0.05) is 3.57 Å². The van der Waals surface area contributed by atoms with Crippen LogP contribution in [0.3, 0.4) is 0 Å². The first-order valence-corrected chi connectivity index (χ1v) is 6.93. The maximum Gasteiger partial charge on any atom is 0.259 e. The highest BCUT2D eigenvalue weighted by molar-refractivity contribution is 14.1. The Morgan fingerprint density at radius 2 is 2.00 bits per heavy atom. The molecule has 0 spiro atoms. The fraction of sp³-hybridized carbons (Fsp3) is 0. The lowest BCUT2D eigenvalue weighted by Gasteiger charge is -1.96.